The number of rotatable bonds is 6. The van der Waals surface area contributed by atoms with Crippen molar-refractivity contribution in [3.05, 3.63) is 47.7 Å². The second-order valence-electron chi connectivity index (χ2n) is 8.04. The fourth-order valence-corrected chi connectivity index (χ4v) is 4.06. The minimum absolute atomic E-state index is 0.273. The molecule has 34 heavy (non-hydrogen) atoms. The van der Waals surface area contributed by atoms with Crippen LogP contribution in [0.5, 0.6) is 17.4 Å². The van der Waals surface area contributed by atoms with Crippen LogP contribution in [0.2, 0.25) is 0 Å². The summed E-state index contributed by atoms with van der Waals surface area (Å²) in [6, 6.07) is 5.09. The van der Waals surface area contributed by atoms with E-state index in [1.807, 2.05) is 5.01 Å². The van der Waals surface area contributed by atoms with Gasteiger partial charge in [0.1, 0.15) is 24.7 Å². The van der Waals surface area contributed by atoms with Crippen molar-refractivity contribution in [2.24, 2.45) is 0 Å². The number of pyridine rings is 3. The molecule has 3 aromatic rings. The standard InChI is InChI=1S/C23H25FN6O4/c1-32-21-3-2-17-22(27-21)15(16(24)13-25-17)4-5-29-6-8-30(9-7-29)28-23(31)18-12-19-20(14-26-18)34-11-10-33-19/h2-3,12-14H,4-11H2,1H3,(H,28,31). The molecule has 1 fully saturated rings. The highest BCUT2D eigenvalue weighted by atomic mass is 19.1. The molecule has 1 amide bonds. The van der Waals surface area contributed by atoms with Crippen LogP contribution >= 0.6 is 0 Å². The Labute approximate surface area is 195 Å². The number of aromatic nitrogens is 3. The summed E-state index contributed by atoms with van der Waals surface area (Å²) in [5.41, 5.74) is 4.87. The van der Waals surface area contributed by atoms with Gasteiger partial charge in [0.05, 0.1) is 30.5 Å². The number of hydrogen-bond donors (Lipinski definition) is 1. The average molecular weight is 468 g/mol. The van der Waals surface area contributed by atoms with Crippen molar-refractivity contribution >= 4 is 16.9 Å². The number of amides is 1. The number of carbonyl (C=O) groups is 1. The predicted octanol–water partition coefficient (Wildman–Crippen LogP) is 1.45. The Kier molecular flexibility index (Phi) is 6.37. The fraction of sp³-hybridized carbons (Fsp3) is 0.391. The smallest absolute Gasteiger partial charge is 0.284 e. The minimum Gasteiger partial charge on any atom is -0.486 e. The zero-order valence-corrected chi connectivity index (χ0v) is 18.8. The molecule has 10 nitrogen and oxygen atoms in total. The van der Waals surface area contributed by atoms with Gasteiger partial charge in [0, 0.05) is 50.4 Å². The topological polar surface area (TPSA) is 102 Å². The summed E-state index contributed by atoms with van der Waals surface area (Å²) < 4.78 is 30.7. The van der Waals surface area contributed by atoms with Crippen molar-refractivity contribution in [3.8, 4) is 17.4 Å². The lowest BCUT2D eigenvalue weighted by atomic mass is 10.1. The van der Waals surface area contributed by atoms with E-state index in [-0.39, 0.29) is 17.4 Å². The molecule has 0 saturated carbocycles. The SMILES string of the molecule is COc1ccc2ncc(F)c(CCN3CCN(NC(=O)c4cc5c(cn4)OCCO5)CC3)c2n1. The lowest BCUT2D eigenvalue weighted by Gasteiger charge is -2.34. The fourth-order valence-electron chi connectivity index (χ4n) is 4.06. The lowest BCUT2D eigenvalue weighted by molar-refractivity contribution is 0.0616. The molecule has 0 atom stereocenters. The van der Waals surface area contributed by atoms with E-state index in [1.54, 1.807) is 18.2 Å². The third-order valence-corrected chi connectivity index (χ3v) is 5.92. The van der Waals surface area contributed by atoms with Gasteiger partial charge in [0.25, 0.3) is 5.91 Å². The first-order valence-corrected chi connectivity index (χ1v) is 11.1. The molecule has 0 aliphatic carbocycles. The van der Waals surface area contributed by atoms with Crippen LogP contribution in [0.3, 0.4) is 0 Å². The highest BCUT2D eigenvalue weighted by Gasteiger charge is 2.22. The first kappa shape index (κ1) is 22.2. The van der Waals surface area contributed by atoms with E-state index >= 15 is 0 Å². The van der Waals surface area contributed by atoms with Gasteiger partial charge in [-0.2, -0.15) is 0 Å². The van der Waals surface area contributed by atoms with Crippen molar-refractivity contribution in [1.82, 2.24) is 30.3 Å². The molecular formula is C23H25FN6O4. The van der Waals surface area contributed by atoms with E-state index in [4.69, 9.17) is 14.2 Å². The quantitative estimate of drug-likeness (QED) is 0.576. The molecule has 2 aliphatic rings. The lowest BCUT2D eigenvalue weighted by Crippen LogP contribution is -2.53. The Balaban J connectivity index is 1.16. The maximum absolute atomic E-state index is 14.5. The van der Waals surface area contributed by atoms with Gasteiger partial charge in [-0.3, -0.25) is 15.2 Å². The minimum atomic E-state index is -0.369. The average Bonchev–Trinajstić information content (AvgIpc) is 2.88. The summed E-state index contributed by atoms with van der Waals surface area (Å²) in [6.07, 6.45) is 3.25. The van der Waals surface area contributed by atoms with Gasteiger partial charge in [-0.15, -0.1) is 0 Å². The maximum atomic E-state index is 14.5. The third kappa shape index (κ3) is 4.70. The number of carbonyl (C=O) groups excluding carboxylic acids is 1. The van der Waals surface area contributed by atoms with Crippen molar-refractivity contribution in [2.45, 2.75) is 6.42 Å². The van der Waals surface area contributed by atoms with Gasteiger partial charge in [-0.25, -0.2) is 19.4 Å². The van der Waals surface area contributed by atoms with Crippen molar-refractivity contribution in [3.63, 3.8) is 0 Å². The summed E-state index contributed by atoms with van der Waals surface area (Å²) >= 11 is 0. The number of nitrogens with one attached hydrogen (secondary N) is 1. The molecule has 0 bridgehead atoms. The largest absolute Gasteiger partial charge is 0.486 e. The van der Waals surface area contributed by atoms with E-state index in [0.29, 0.717) is 73.2 Å². The van der Waals surface area contributed by atoms with Crippen molar-refractivity contribution < 1.29 is 23.4 Å². The number of ether oxygens (including phenoxy) is 3. The van der Waals surface area contributed by atoms with E-state index in [1.165, 1.54) is 19.5 Å². The molecule has 5 heterocycles. The predicted molar refractivity (Wildman–Crippen MR) is 120 cm³/mol. The maximum Gasteiger partial charge on any atom is 0.284 e. The molecule has 3 aromatic heterocycles. The molecule has 5 rings (SSSR count). The molecule has 0 aromatic carbocycles. The summed E-state index contributed by atoms with van der Waals surface area (Å²) in [7, 11) is 1.53. The zero-order valence-electron chi connectivity index (χ0n) is 18.8. The summed E-state index contributed by atoms with van der Waals surface area (Å²) in [4.78, 5) is 27.5. The Morgan fingerprint density at radius 1 is 1.12 bits per heavy atom. The number of piperazine rings is 1. The molecule has 1 saturated heterocycles. The molecule has 0 spiro atoms. The Bertz CT molecular complexity index is 1200. The summed E-state index contributed by atoms with van der Waals surface area (Å²) in [6.45, 7) is 4.33. The van der Waals surface area contributed by atoms with E-state index in [9.17, 15) is 9.18 Å². The first-order chi connectivity index (χ1) is 16.6. The van der Waals surface area contributed by atoms with Gasteiger partial charge in [0.15, 0.2) is 11.5 Å². The number of hydrazine groups is 1. The number of nitrogens with zero attached hydrogens (tertiary/aromatic N) is 5. The molecule has 1 N–H and O–H groups in total. The summed E-state index contributed by atoms with van der Waals surface area (Å²) in [5, 5.41) is 1.87. The van der Waals surface area contributed by atoms with Gasteiger partial charge >= 0.3 is 0 Å². The molecule has 178 valence electrons. The normalized spacial score (nSPS) is 16.4. The van der Waals surface area contributed by atoms with E-state index < -0.39 is 0 Å². The third-order valence-electron chi connectivity index (χ3n) is 5.92. The zero-order chi connectivity index (χ0) is 23.5. The highest BCUT2D eigenvalue weighted by Crippen LogP contribution is 2.29. The Morgan fingerprint density at radius 2 is 1.91 bits per heavy atom. The Morgan fingerprint density at radius 3 is 2.71 bits per heavy atom. The Hall–Kier alpha value is -3.57. The van der Waals surface area contributed by atoms with Gasteiger partial charge in [0.2, 0.25) is 5.88 Å². The number of halogens is 1. The van der Waals surface area contributed by atoms with Crippen LogP contribution in [0.1, 0.15) is 16.1 Å². The van der Waals surface area contributed by atoms with Crippen molar-refractivity contribution in [2.75, 3.05) is 53.0 Å². The van der Waals surface area contributed by atoms with Gasteiger partial charge in [-0.05, 0) is 12.5 Å². The van der Waals surface area contributed by atoms with Crippen LogP contribution in [-0.2, 0) is 6.42 Å². The summed E-state index contributed by atoms with van der Waals surface area (Å²) in [5.74, 6) is 0.836. The number of fused-ring (bicyclic) bond motifs is 2. The van der Waals surface area contributed by atoms with Gasteiger partial charge in [-0.1, -0.05) is 0 Å². The van der Waals surface area contributed by atoms with Crippen LogP contribution in [0.25, 0.3) is 11.0 Å². The van der Waals surface area contributed by atoms with E-state index in [0.717, 1.165) is 13.1 Å². The van der Waals surface area contributed by atoms with Crippen LogP contribution in [-0.4, -0.2) is 83.8 Å². The molecule has 0 radical (unpaired) electrons. The van der Waals surface area contributed by atoms with Crippen LogP contribution in [0.4, 0.5) is 4.39 Å². The molecule has 11 heteroatoms. The van der Waals surface area contributed by atoms with Crippen molar-refractivity contribution in [1.29, 1.82) is 0 Å². The highest BCUT2D eigenvalue weighted by molar-refractivity contribution is 5.92. The van der Waals surface area contributed by atoms with Crippen LogP contribution < -0.4 is 19.6 Å². The second kappa shape index (κ2) is 9.74. The molecule has 2 aliphatic heterocycles. The first-order valence-electron chi connectivity index (χ1n) is 11.1. The monoisotopic (exact) mass is 468 g/mol. The van der Waals surface area contributed by atoms with Crippen LogP contribution in [0, 0.1) is 5.82 Å². The molecule has 0 unspecified atom stereocenters. The van der Waals surface area contributed by atoms with Crippen LogP contribution in [0.15, 0.2) is 30.6 Å². The van der Waals surface area contributed by atoms with E-state index in [2.05, 4.69) is 25.3 Å². The molecular weight excluding hydrogens is 443 g/mol. The second-order valence-corrected chi connectivity index (χ2v) is 8.04. The number of hydrogen-bond acceptors (Lipinski definition) is 9. The number of methoxy groups -OCH3 is 1. The van der Waals surface area contributed by atoms with Gasteiger partial charge < -0.3 is 19.1 Å².